The van der Waals surface area contributed by atoms with Crippen molar-refractivity contribution in [3.63, 3.8) is 0 Å². The number of halogens is 1. The summed E-state index contributed by atoms with van der Waals surface area (Å²) in [6, 6.07) is 0. The average molecular weight is 396 g/mol. The Balaban J connectivity index is 2.12. The molecule has 4 atom stereocenters. The Morgan fingerprint density at radius 2 is 2.14 bits per heavy atom. The first-order valence-corrected chi connectivity index (χ1v) is 8.94. The van der Waals surface area contributed by atoms with Crippen molar-refractivity contribution in [3.8, 4) is 0 Å². The topological polar surface area (TPSA) is 126 Å². The molecule has 3 N–H and O–H groups in total. The zero-order valence-corrected chi connectivity index (χ0v) is 16.4. The van der Waals surface area contributed by atoms with E-state index in [-0.39, 0.29) is 23.4 Å². The number of rotatable bonds is 5. The van der Waals surface area contributed by atoms with Gasteiger partial charge in [0, 0.05) is 20.0 Å². The van der Waals surface area contributed by atoms with Gasteiger partial charge < -0.3 is 19.8 Å². The molecule has 3 rings (SSSR count). The maximum atomic E-state index is 15.2. The molecule has 1 amide bonds. The average Bonchev–Trinajstić information content (AvgIpc) is 3.13. The summed E-state index contributed by atoms with van der Waals surface area (Å²) in [6.07, 6.45) is -2.51. The Hall–Kier alpha value is -2.37. The van der Waals surface area contributed by atoms with Crippen molar-refractivity contribution in [1.29, 1.82) is 0 Å². The number of imidazole rings is 1. The fourth-order valence-electron chi connectivity index (χ4n) is 3.06. The number of aromatic nitrogens is 4. The molecule has 154 valence electrons. The molecule has 2 aromatic rings. The summed E-state index contributed by atoms with van der Waals surface area (Å²) in [4.78, 5) is 26.7. The molecule has 3 heterocycles. The number of ether oxygens (including phenoxy) is 1. The zero-order valence-electron chi connectivity index (χ0n) is 16.4. The highest BCUT2D eigenvalue weighted by Crippen LogP contribution is 2.42. The molecule has 10 nitrogen and oxygen atoms in total. The van der Waals surface area contributed by atoms with Crippen molar-refractivity contribution in [2.75, 3.05) is 30.9 Å². The van der Waals surface area contributed by atoms with Crippen LogP contribution in [0.25, 0.3) is 11.2 Å². The summed E-state index contributed by atoms with van der Waals surface area (Å²) < 4.78 is 22.1. The Labute approximate surface area is 161 Å². The number of carbonyl (C=O) groups excluding carboxylic acids is 1. The summed E-state index contributed by atoms with van der Waals surface area (Å²) in [6.45, 7) is 4.14. The number of nitrogens with zero attached hydrogens (tertiary/aromatic N) is 5. The van der Waals surface area contributed by atoms with Crippen molar-refractivity contribution in [2.24, 2.45) is 5.92 Å². The smallest absolute Gasteiger partial charge is 0.233 e. The second-order valence-corrected chi connectivity index (χ2v) is 7.54. The molecule has 0 spiro atoms. The van der Waals surface area contributed by atoms with Crippen LogP contribution in [0.5, 0.6) is 0 Å². The Bertz CT molecular complexity index is 884. The molecule has 1 fully saturated rings. The number of alkyl halides is 1. The third-order valence-corrected chi connectivity index (χ3v) is 4.74. The van der Waals surface area contributed by atoms with Crippen LogP contribution in [-0.4, -0.2) is 74.2 Å². The minimum atomic E-state index is -2.19. The lowest BCUT2D eigenvalue weighted by Gasteiger charge is -2.24. The zero-order chi connectivity index (χ0) is 20.8. The molecule has 11 heteroatoms. The Morgan fingerprint density at radius 3 is 2.68 bits per heavy atom. The summed E-state index contributed by atoms with van der Waals surface area (Å²) in [5.41, 5.74) is -1.57. The monoisotopic (exact) mass is 396 g/mol. The molecule has 2 aromatic heterocycles. The van der Waals surface area contributed by atoms with Crippen LogP contribution >= 0.6 is 0 Å². The SMILES string of the molecule is CC(C)C(=O)Nc1nc(N(C)C)c2ncn([C@@H]3O[C@H](CO)[C@@H](O)[C@@]3(C)F)c2n1. The van der Waals surface area contributed by atoms with E-state index in [1.54, 1.807) is 32.8 Å². The van der Waals surface area contributed by atoms with Crippen LogP contribution in [0.1, 0.15) is 27.0 Å². The molecule has 0 radical (unpaired) electrons. The van der Waals surface area contributed by atoms with Crippen molar-refractivity contribution in [1.82, 2.24) is 19.5 Å². The van der Waals surface area contributed by atoms with Crippen LogP contribution in [-0.2, 0) is 9.53 Å². The fraction of sp³-hybridized carbons (Fsp3) is 0.647. The lowest BCUT2D eigenvalue weighted by atomic mass is 9.98. The van der Waals surface area contributed by atoms with Crippen molar-refractivity contribution in [2.45, 2.75) is 44.9 Å². The number of nitrogens with one attached hydrogen (secondary N) is 1. The molecular weight excluding hydrogens is 371 g/mol. The molecule has 0 aromatic carbocycles. The molecule has 1 saturated heterocycles. The molecule has 0 bridgehead atoms. The first-order valence-electron chi connectivity index (χ1n) is 8.94. The van der Waals surface area contributed by atoms with E-state index in [0.717, 1.165) is 0 Å². The molecule has 0 saturated carbocycles. The van der Waals surface area contributed by atoms with E-state index in [4.69, 9.17) is 4.74 Å². The van der Waals surface area contributed by atoms with Crippen molar-refractivity contribution >= 4 is 28.8 Å². The summed E-state index contributed by atoms with van der Waals surface area (Å²) >= 11 is 0. The lowest BCUT2D eigenvalue weighted by molar-refractivity contribution is -0.118. The quantitative estimate of drug-likeness (QED) is 0.666. The number of fused-ring (bicyclic) bond motifs is 1. The van der Waals surface area contributed by atoms with E-state index in [1.165, 1.54) is 17.8 Å². The van der Waals surface area contributed by atoms with Crippen LogP contribution < -0.4 is 10.2 Å². The number of amides is 1. The fourth-order valence-corrected chi connectivity index (χ4v) is 3.06. The van der Waals surface area contributed by atoms with Crippen LogP contribution in [0.15, 0.2) is 6.33 Å². The number of hydrogen-bond acceptors (Lipinski definition) is 8. The predicted octanol–water partition coefficient (Wildman–Crippen LogP) is 0.466. The molecular formula is C17H25FN6O4. The molecule has 0 unspecified atom stereocenters. The van der Waals surface area contributed by atoms with Crippen molar-refractivity contribution in [3.05, 3.63) is 6.33 Å². The van der Waals surface area contributed by atoms with Gasteiger partial charge in [0.15, 0.2) is 28.9 Å². The third-order valence-electron chi connectivity index (χ3n) is 4.74. The van der Waals surface area contributed by atoms with Gasteiger partial charge in [-0.15, -0.1) is 0 Å². The minimum Gasteiger partial charge on any atom is -0.394 e. The summed E-state index contributed by atoms with van der Waals surface area (Å²) in [5, 5.41) is 22.1. The first kappa shape index (κ1) is 20.4. The maximum Gasteiger partial charge on any atom is 0.233 e. The molecule has 28 heavy (non-hydrogen) atoms. The van der Waals surface area contributed by atoms with Gasteiger partial charge in [0.1, 0.15) is 12.2 Å². The largest absolute Gasteiger partial charge is 0.394 e. The van der Waals surface area contributed by atoms with Gasteiger partial charge in [-0.2, -0.15) is 9.97 Å². The van der Waals surface area contributed by atoms with Crippen molar-refractivity contribution < 1.29 is 24.1 Å². The summed E-state index contributed by atoms with van der Waals surface area (Å²) in [7, 11) is 3.51. The van der Waals surface area contributed by atoms with E-state index in [9.17, 15) is 15.0 Å². The Morgan fingerprint density at radius 1 is 1.46 bits per heavy atom. The normalized spacial score (nSPS) is 27.5. The second-order valence-electron chi connectivity index (χ2n) is 7.54. The molecule has 1 aliphatic rings. The van der Waals surface area contributed by atoms with Gasteiger partial charge in [-0.05, 0) is 6.92 Å². The van der Waals surface area contributed by atoms with E-state index < -0.39 is 30.7 Å². The third kappa shape index (κ3) is 3.29. The van der Waals surface area contributed by atoms with Gasteiger partial charge in [0.05, 0.1) is 12.9 Å². The standard InChI is InChI=1S/C17H25FN6O4/c1-8(2)14(27)22-16-20-12(23(4)5)10-13(21-16)24(7-19-10)15-17(3,18)11(26)9(6-25)28-15/h7-9,11,15,25-26H,6H2,1-5H3,(H,20,21,22,27)/t9-,11-,15-,17-/m1/s1. The van der Waals surface area contributed by atoms with E-state index >= 15 is 4.39 Å². The van der Waals surface area contributed by atoms with Gasteiger partial charge in [0.25, 0.3) is 0 Å². The van der Waals surface area contributed by atoms with E-state index in [0.29, 0.717) is 11.3 Å². The van der Waals surface area contributed by atoms with E-state index in [2.05, 4.69) is 20.3 Å². The van der Waals surface area contributed by atoms with Crippen LogP contribution in [0.2, 0.25) is 0 Å². The first-order chi connectivity index (χ1) is 13.1. The number of carbonyl (C=O) groups is 1. The highest BCUT2D eigenvalue weighted by molar-refractivity contribution is 5.92. The number of aliphatic hydroxyl groups excluding tert-OH is 2. The van der Waals surface area contributed by atoms with Crippen LogP contribution in [0.4, 0.5) is 16.2 Å². The number of anilines is 2. The highest BCUT2D eigenvalue weighted by atomic mass is 19.1. The minimum absolute atomic E-state index is 0.0504. The molecule has 0 aliphatic carbocycles. The van der Waals surface area contributed by atoms with Gasteiger partial charge in [-0.3, -0.25) is 14.7 Å². The van der Waals surface area contributed by atoms with Crippen LogP contribution in [0, 0.1) is 5.92 Å². The lowest BCUT2D eigenvalue weighted by Crippen LogP contribution is -2.40. The predicted molar refractivity (Wildman–Crippen MR) is 99.6 cm³/mol. The van der Waals surface area contributed by atoms with Gasteiger partial charge in [-0.1, -0.05) is 13.8 Å². The Kier molecular flexibility index (Phi) is 5.26. The number of hydrogen-bond donors (Lipinski definition) is 3. The highest BCUT2D eigenvalue weighted by Gasteiger charge is 2.55. The molecule has 1 aliphatic heterocycles. The van der Waals surface area contributed by atoms with Gasteiger partial charge in [-0.25, -0.2) is 9.37 Å². The summed E-state index contributed by atoms with van der Waals surface area (Å²) in [5.74, 6) is -0.0619. The second kappa shape index (κ2) is 7.22. The van der Waals surface area contributed by atoms with Gasteiger partial charge >= 0.3 is 0 Å². The van der Waals surface area contributed by atoms with Crippen LogP contribution in [0.3, 0.4) is 0 Å². The van der Waals surface area contributed by atoms with Gasteiger partial charge in [0.2, 0.25) is 11.9 Å². The number of aliphatic hydroxyl groups is 2. The van der Waals surface area contributed by atoms with E-state index in [1.807, 2.05) is 0 Å². The maximum absolute atomic E-state index is 15.2.